The number of halogens is 2. The number of piperidine rings is 3. The van der Waals surface area contributed by atoms with Crippen molar-refractivity contribution in [1.29, 1.82) is 0 Å². The molecule has 6 spiro atoms. The van der Waals surface area contributed by atoms with Crippen LogP contribution in [0.3, 0.4) is 0 Å². The fourth-order valence-corrected chi connectivity index (χ4v) is 29.8. The lowest BCUT2D eigenvalue weighted by Gasteiger charge is -2.57. The third-order valence-corrected chi connectivity index (χ3v) is 36.5. The Morgan fingerprint density at radius 2 is 0.614 bits per heavy atom. The van der Waals surface area contributed by atoms with Gasteiger partial charge in [-0.1, -0.05) is 43.8 Å². The molecule has 26 rings (SSSR count). The van der Waals surface area contributed by atoms with Crippen LogP contribution in [-0.4, -0.2) is 287 Å². The molecular formula is C99H124B21F2N6O17. The summed E-state index contributed by atoms with van der Waals surface area (Å²) in [7, 11) is 64.8. The highest BCUT2D eigenvalue weighted by Gasteiger charge is 2.71. The summed E-state index contributed by atoms with van der Waals surface area (Å²) in [6, 6.07) is 34.8. The molecule has 145 heavy (non-hydrogen) atoms. The molecule has 21 aliphatic rings. The second-order valence-electron chi connectivity index (χ2n) is 46.0. The molecule has 729 valence electrons. The van der Waals surface area contributed by atoms with E-state index in [-0.39, 0.29) is 79.1 Å². The molecule has 12 bridgehead atoms. The van der Waals surface area contributed by atoms with Crippen LogP contribution in [0, 0.1) is 82.6 Å². The SMILES string of the molecule is C.NC1CCN(C(=O)Oc2ccc([C@@H]3CCC[C@]4(C3)OOC3(O4)C4CC5CC(C4)CC3C5)cc2)CC1.O=C(NC1CCN(C(=O)Oc2ccc([C@@H]3CCC[C@]4(C3)OOC3(O4)C4CC5CC(C4)CC3C5)cc2)CC1)c1ccc(F)cc1.O=C(NC1CCN(C(=O)Oc2ccc([C@@H]3CCC[C@]4(C3)OOC3(O4)C4CC5CC(C4)CC3C5)cc2)CC1)c1ccc(F)cc1.[B][B]B(B([B])[B])B(B(B([B])[B])B([B])[B])B(B([B])[B])B([B])[B]. The minimum atomic E-state index is -0.879. The van der Waals surface area contributed by atoms with Crippen molar-refractivity contribution in [3.63, 3.8) is 0 Å². The molecule has 6 atom stereocenters. The van der Waals surface area contributed by atoms with Crippen molar-refractivity contribution < 1.29 is 90.5 Å². The molecule has 5 aromatic carbocycles. The van der Waals surface area contributed by atoms with Crippen LogP contribution < -0.4 is 30.6 Å². The van der Waals surface area contributed by atoms with Gasteiger partial charge in [-0.2, -0.15) is 29.3 Å². The minimum Gasteiger partial charge on any atom is -0.410 e. The Hall–Kier alpha value is -6.33. The van der Waals surface area contributed by atoms with Crippen LogP contribution in [0.2, 0.25) is 0 Å². The molecule has 15 aliphatic carbocycles. The first-order valence-corrected chi connectivity index (χ1v) is 53.7. The van der Waals surface area contributed by atoms with E-state index in [0.29, 0.717) is 135 Å². The lowest BCUT2D eigenvalue weighted by Crippen LogP contribution is -2.81. The topological polar surface area (TPSA) is 256 Å². The molecule has 4 N–H and O–H groups in total. The highest BCUT2D eigenvalue weighted by molar-refractivity contribution is 8.20. The second kappa shape index (κ2) is 45.1. The second-order valence-corrected chi connectivity index (χ2v) is 46.0. The van der Waals surface area contributed by atoms with Crippen molar-refractivity contribution in [3.05, 3.63) is 161 Å². The number of carbonyl (C=O) groups excluding carboxylic acids is 5. The largest absolute Gasteiger partial charge is 0.415 e. The van der Waals surface area contributed by atoms with E-state index in [1.54, 1.807) is 14.7 Å². The van der Waals surface area contributed by atoms with E-state index < -0.39 is 92.2 Å². The van der Waals surface area contributed by atoms with Crippen LogP contribution in [0.1, 0.15) is 274 Å². The number of hydrogen-bond donors (Lipinski definition) is 3. The molecule has 21 fully saturated rings. The first-order valence-electron chi connectivity index (χ1n) is 53.7. The van der Waals surface area contributed by atoms with Gasteiger partial charge < -0.3 is 59.5 Å². The normalized spacial score (nSPS) is 33.6. The van der Waals surface area contributed by atoms with Gasteiger partial charge in [0.1, 0.15) is 28.9 Å². The Morgan fingerprint density at radius 1 is 0.352 bits per heavy atom. The molecule has 5 aromatic rings. The zero-order valence-electron chi connectivity index (χ0n) is 82.8. The number of benzene rings is 5. The van der Waals surface area contributed by atoms with Crippen molar-refractivity contribution in [2.24, 2.45) is 76.7 Å². The van der Waals surface area contributed by atoms with Crippen LogP contribution >= 0.6 is 0 Å². The summed E-state index contributed by atoms with van der Waals surface area (Å²) >= 11 is 0. The molecular weight excluding hydrogens is 1810 g/mol. The number of nitrogens with zero attached hydrogens (tertiary/aromatic N) is 3. The van der Waals surface area contributed by atoms with Gasteiger partial charge in [-0.3, -0.25) is 9.59 Å². The smallest absolute Gasteiger partial charge is 0.410 e. The van der Waals surface area contributed by atoms with Crippen LogP contribution in [0.15, 0.2) is 121 Å². The molecule has 6 saturated heterocycles. The van der Waals surface area contributed by atoms with E-state index in [2.05, 4.69) is 47.0 Å². The number of ether oxygens (including phenoxy) is 6. The number of hydrogen-bond acceptors (Lipinski definition) is 18. The summed E-state index contributed by atoms with van der Waals surface area (Å²) in [6.07, 6.45) is 26.4. The highest BCUT2D eigenvalue weighted by atomic mass is 19.1. The Balaban J connectivity index is 0.000000126. The zero-order valence-corrected chi connectivity index (χ0v) is 82.8. The predicted octanol–water partition coefficient (Wildman–Crippen LogP) is 11.1. The first kappa shape index (κ1) is 107. The summed E-state index contributed by atoms with van der Waals surface area (Å²) in [5, 5.41) is 5.97. The predicted molar refractivity (Wildman–Crippen MR) is 572 cm³/mol. The average Bonchev–Trinajstić information content (AvgIpc) is 1.58. The van der Waals surface area contributed by atoms with Gasteiger partial charge in [-0.25, -0.2) is 23.2 Å². The maximum atomic E-state index is 13.2. The van der Waals surface area contributed by atoms with Crippen LogP contribution in [0.5, 0.6) is 17.2 Å². The summed E-state index contributed by atoms with van der Waals surface area (Å²) in [6.45, 7) is 3.28. The Labute approximate surface area is 873 Å². The Kier molecular flexibility index (Phi) is 33.3. The number of nitrogens with two attached hydrogens (primary N) is 1. The van der Waals surface area contributed by atoms with Gasteiger partial charge in [0.2, 0.25) is 34.7 Å². The van der Waals surface area contributed by atoms with Gasteiger partial charge in [0.05, 0.1) is 0 Å². The molecule has 23 nitrogen and oxygen atoms in total. The van der Waals surface area contributed by atoms with Crippen LogP contribution in [0.4, 0.5) is 23.2 Å². The molecule has 0 unspecified atom stereocenters. The maximum Gasteiger partial charge on any atom is 0.415 e. The Bertz CT molecular complexity index is 4940. The number of carbonyl (C=O) groups is 5. The molecule has 6 heterocycles. The summed E-state index contributed by atoms with van der Waals surface area (Å²) in [4.78, 5) is 106. The minimum absolute atomic E-state index is 0. The summed E-state index contributed by atoms with van der Waals surface area (Å²) in [5.74, 6) is 5.63. The summed E-state index contributed by atoms with van der Waals surface area (Å²) < 4.78 is 64.2. The van der Waals surface area contributed by atoms with Crippen molar-refractivity contribution in [3.8, 4) is 17.2 Å². The fourth-order valence-electron chi connectivity index (χ4n) is 29.8. The first-order chi connectivity index (χ1) is 69.3. The molecule has 5 amide bonds. The Morgan fingerprint density at radius 3 is 0.862 bits per heavy atom. The lowest BCUT2D eigenvalue weighted by molar-refractivity contribution is -0.390. The maximum absolute atomic E-state index is 13.2. The van der Waals surface area contributed by atoms with E-state index in [1.165, 1.54) is 169 Å². The van der Waals surface area contributed by atoms with Gasteiger partial charge >= 0.3 is 18.3 Å². The van der Waals surface area contributed by atoms with Gasteiger partial charge in [0, 0.05) is 292 Å². The summed E-state index contributed by atoms with van der Waals surface area (Å²) in [5.41, 5.74) is 10.4. The van der Waals surface area contributed by atoms with Crippen LogP contribution in [-0.2, 0) is 43.5 Å². The molecule has 46 heteroatoms. The van der Waals surface area contributed by atoms with Gasteiger partial charge in [0.25, 0.3) is 11.8 Å². The van der Waals surface area contributed by atoms with E-state index in [1.807, 2.05) is 36.4 Å². The van der Waals surface area contributed by atoms with Crippen LogP contribution in [0.25, 0.3) is 0 Å². The van der Waals surface area contributed by atoms with E-state index >= 15 is 0 Å². The van der Waals surface area contributed by atoms with Gasteiger partial charge in [-0.05, 0) is 328 Å². The number of amides is 5. The monoisotopic (exact) mass is 1940 g/mol. The van der Waals surface area contributed by atoms with Crippen molar-refractivity contribution >= 4 is 180 Å². The van der Waals surface area contributed by atoms with E-state index in [0.717, 1.165) is 125 Å². The van der Waals surface area contributed by atoms with Crippen molar-refractivity contribution in [2.45, 2.75) is 290 Å². The molecule has 23 radical (unpaired) electrons. The third kappa shape index (κ3) is 23.2. The highest BCUT2D eigenvalue weighted by Crippen LogP contribution is 2.68. The zero-order chi connectivity index (χ0) is 100. The van der Waals surface area contributed by atoms with Crippen molar-refractivity contribution in [2.75, 3.05) is 39.3 Å². The van der Waals surface area contributed by atoms with Gasteiger partial charge in [-0.15, -0.1) is 0 Å². The number of likely N-dealkylation sites (tertiary alicyclic amines) is 3. The lowest BCUT2D eigenvalue weighted by atomic mass is 8.38. The quantitative estimate of drug-likeness (QED) is 0.0513. The van der Waals surface area contributed by atoms with E-state index in [9.17, 15) is 32.8 Å². The average molecular weight is 1940 g/mol. The molecule has 6 aliphatic heterocycles. The third-order valence-electron chi connectivity index (χ3n) is 36.5. The number of nitrogens with one attached hydrogen (secondary N) is 2. The number of rotatable bonds is 19. The fraction of sp³-hybridized carbons (Fsp3) is 0.646. The van der Waals surface area contributed by atoms with E-state index in [4.69, 9.17) is 149 Å². The van der Waals surface area contributed by atoms with Gasteiger partial charge in [0.15, 0.2) is 0 Å². The molecule has 0 aromatic heterocycles. The standard InChI is InChI=1S/2C35H41FN2O6.C28H38N2O5.CH4.B21/c2*36-29-7-3-25(4-8-29)32(39)37-30-11-14-38(15-12-30)33(40)41-31-9-5-24(6-10-31)26-2-1-13-34(21-26)42-35(44-43-34)27-17-22-16-23(19-27)20-28(35)18-22;29-24-7-10-30(11-8-24)26(31)32-25-5-3-20(4-6-25)21-2-1-9-27(17-21)33-28(35-34-27)22-13-18-12-19(15-22)16-23(28)14-18;;1-12-18(13(2)3)21(19(14(4)5)15(6)7)20(16(8)9)17(10)11/h2*3-10,22-23,26-28,30H,1-2,11-21H2,(H,37,39);3-6,18-19,21-24H,1-2,7-17,29H2;1H4;/t2*22?,23?,26-,27?,28?,34-,35?;18?,19?,21-,22?,23?,27-,28?;;/m111../s1. The van der Waals surface area contributed by atoms with Crippen molar-refractivity contribution in [1.82, 2.24) is 25.3 Å². The molecule has 15 saturated carbocycles.